The molecular formula is C19H19NO5. The summed E-state index contributed by atoms with van der Waals surface area (Å²) in [5.41, 5.74) is 0.879. The Labute approximate surface area is 145 Å². The van der Waals surface area contributed by atoms with Gasteiger partial charge in [0.1, 0.15) is 13.2 Å². The van der Waals surface area contributed by atoms with Crippen molar-refractivity contribution in [2.45, 2.75) is 19.4 Å². The Bertz CT molecular complexity index is 831. The van der Waals surface area contributed by atoms with Gasteiger partial charge in [-0.2, -0.15) is 0 Å². The molecule has 2 aliphatic heterocycles. The molecule has 25 heavy (non-hydrogen) atoms. The third kappa shape index (κ3) is 2.95. The van der Waals surface area contributed by atoms with Crippen molar-refractivity contribution in [1.82, 2.24) is 5.32 Å². The molecule has 0 aliphatic carbocycles. The van der Waals surface area contributed by atoms with Gasteiger partial charge in [0, 0.05) is 5.56 Å². The maximum Gasteiger partial charge on any atom is 0.252 e. The van der Waals surface area contributed by atoms with Crippen molar-refractivity contribution in [1.29, 1.82) is 0 Å². The molecule has 1 N–H and O–H groups in total. The largest absolute Gasteiger partial charge is 0.486 e. The topological polar surface area (TPSA) is 66.0 Å². The molecule has 0 saturated carbocycles. The molecule has 2 aromatic carbocycles. The molecule has 0 saturated heterocycles. The minimum absolute atomic E-state index is 0.182. The van der Waals surface area contributed by atoms with Crippen LogP contribution in [0.4, 0.5) is 0 Å². The zero-order chi connectivity index (χ0) is 17.4. The van der Waals surface area contributed by atoms with E-state index >= 15 is 0 Å². The van der Waals surface area contributed by atoms with Crippen molar-refractivity contribution in [3.05, 3.63) is 47.5 Å². The molecule has 0 aromatic heterocycles. The molecule has 1 amide bonds. The van der Waals surface area contributed by atoms with Crippen LogP contribution in [0.1, 0.15) is 29.8 Å². The zero-order valence-corrected chi connectivity index (χ0v) is 14.1. The first kappa shape index (κ1) is 15.6. The average molecular weight is 341 g/mol. The van der Waals surface area contributed by atoms with Crippen molar-refractivity contribution >= 4 is 5.91 Å². The van der Waals surface area contributed by atoms with Crippen molar-refractivity contribution in [2.24, 2.45) is 0 Å². The van der Waals surface area contributed by atoms with Gasteiger partial charge in [-0.3, -0.25) is 4.79 Å². The number of amides is 1. The number of nitrogens with one attached hydrogen (secondary N) is 1. The fourth-order valence-electron chi connectivity index (χ4n) is 2.90. The third-order valence-corrected chi connectivity index (χ3v) is 4.32. The van der Waals surface area contributed by atoms with E-state index in [0.29, 0.717) is 36.0 Å². The maximum atomic E-state index is 12.7. The van der Waals surface area contributed by atoms with Gasteiger partial charge in [-0.25, -0.2) is 0 Å². The highest BCUT2D eigenvalue weighted by molar-refractivity contribution is 5.95. The van der Waals surface area contributed by atoms with Gasteiger partial charge in [-0.1, -0.05) is 6.07 Å². The molecule has 0 unspecified atom stereocenters. The zero-order valence-electron chi connectivity index (χ0n) is 14.1. The van der Waals surface area contributed by atoms with Crippen LogP contribution in [0.2, 0.25) is 0 Å². The van der Waals surface area contributed by atoms with Crippen LogP contribution in [-0.2, 0) is 5.54 Å². The summed E-state index contributed by atoms with van der Waals surface area (Å²) < 4.78 is 21.8. The average Bonchev–Trinajstić information content (AvgIpc) is 3.08. The predicted octanol–water partition coefficient (Wildman–Crippen LogP) is 2.85. The minimum atomic E-state index is -0.580. The van der Waals surface area contributed by atoms with E-state index in [1.165, 1.54) is 0 Å². The van der Waals surface area contributed by atoms with E-state index in [4.69, 9.17) is 18.9 Å². The van der Waals surface area contributed by atoms with Crippen LogP contribution < -0.4 is 24.3 Å². The van der Waals surface area contributed by atoms with Crippen LogP contribution in [0.25, 0.3) is 0 Å². The second-order valence-electron chi connectivity index (χ2n) is 6.51. The predicted molar refractivity (Wildman–Crippen MR) is 90.5 cm³/mol. The fraction of sp³-hybridized carbons (Fsp3) is 0.316. The highest BCUT2D eigenvalue weighted by Gasteiger charge is 2.26. The van der Waals surface area contributed by atoms with Crippen LogP contribution in [0.5, 0.6) is 23.0 Å². The van der Waals surface area contributed by atoms with Crippen molar-refractivity contribution in [2.75, 3.05) is 20.0 Å². The Hall–Kier alpha value is -2.89. The Morgan fingerprint density at radius 1 is 0.880 bits per heavy atom. The molecule has 6 heteroatoms. The van der Waals surface area contributed by atoms with Crippen LogP contribution in [0.15, 0.2) is 36.4 Å². The molecule has 0 fully saturated rings. The Morgan fingerprint density at radius 2 is 1.52 bits per heavy atom. The number of ether oxygens (including phenoxy) is 4. The number of carbonyl (C=O) groups is 1. The fourth-order valence-corrected chi connectivity index (χ4v) is 2.90. The molecule has 6 nitrogen and oxygen atoms in total. The Morgan fingerprint density at radius 3 is 2.36 bits per heavy atom. The van der Waals surface area contributed by atoms with E-state index in [2.05, 4.69) is 5.32 Å². The summed E-state index contributed by atoms with van der Waals surface area (Å²) in [4.78, 5) is 12.7. The molecule has 0 spiro atoms. The summed E-state index contributed by atoms with van der Waals surface area (Å²) in [6, 6.07) is 10.9. The lowest BCUT2D eigenvalue weighted by Gasteiger charge is -2.28. The molecule has 0 radical (unpaired) electrons. The Kier molecular flexibility index (Phi) is 3.67. The lowest BCUT2D eigenvalue weighted by atomic mass is 9.93. The van der Waals surface area contributed by atoms with Gasteiger partial charge in [-0.15, -0.1) is 0 Å². The molecule has 4 rings (SSSR count). The summed E-state index contributed by atoms with van der Waals surface area (Å²) in [6.07, 6.45) is 0. The first-order chi connectivity index (χ1) is 12.0. The quantitative estimate of drug-likeness (QED) is 0.930. The van der Waals surface area contributed by atoms with Crippen molar-refractivity contribution in [3.8, 4) is 23.0 Å². The van der Waals surface area contributed by atoms with Gasteiger partial charge in [0.2, 0.25) is 6.79 Å². The molecule has 2 heterocycles. The monoisotopic (exact) mass is 341 g/mol. The van der Waals surface area contributed by atoms with Gasteiger partial charge in [0.05, 0.1) is 5.54 Å². The van der Waals surface area contributed by atoms with Crippen molar-refractivity contribution in [3.63, 3.8) is 0 Å². The first-order valence-electron chi connectivity index (χ1n) is 8.15. The molecule has 130 valence electrons. The van der Waals surface area contributed by atoms with Gasteiger partial charge in [-0.05, 0) is 49.7 Å². The van der Waals surface area contributed by atoms with Gasteiger partial charge >= 0.3 is 0 Å². The van der Waals surface area contributed by atoms with Gasteiger partial charge < -0.3 is 24.3 Å². The molecular weight excluding hydrogens is 322 g/mol. The minimum Gasteiger partial charge on any atom is -0.486 e. The number of benzene rings is 2. The van der Waals surface area contributed by atoms with E-state index < -0.39 is 5.54 Å². The van der Waals surface area contributed by atoms with Crippen LogP contribution >= 0.6 is 0 Å². The molecule has 2 aromatic rings. The number of carbonyl (C=O) groups excluding carboxylic acids is 1. The smallest absolute Gasteiger partial charge is 0.252 e. The Balaban J connectivity index is 1.55. The van der Waals surface area contributed by atoms with Crippen LogP contribution in [0, 0.1) is 0 Å². The molecule has 0 bridgehead atoms. The van der Waals surface area contributed by atoms with Crippen LogP contribution in [-0.4, -0.2) is 25.9 Å². The maximum absolute atomic E-state index is 12.7. The molecule has 0 atom stereocenters. The third-order valence-electron chi connectivity index (χ3n) is 4.32. The summed E-state index contributed by atoms with van der Waals surface area (Å²) in [5, 5.41) is 3.06. The number of fused-ring (bicyclic) bond motifs is 2. The normalized spacial score (nSPS) is 15.0. The van der Waals surface area contributed by atoms with E-state index in [1.54, 1.807) is 18.2 Å². The van der Waals surface area contributed by atoms with E-state index in [0.717, 1.165) is 11.3 Å². The summed E-state index contributed by atoms with van der Waals surface area (Å²) >= 11 is 0. The van der Waals surface area contributed by atoms with Crippen molar-refractivity contribution < 1.29 is 23.7 Å². The lowest BCUT2D eigenvalue weighted by molar-refractivity contribution is 0.0911. The second kappa shape index (κ2) is 5.88. The van der Waals surface area contributed by atoms with E-state index in [9.17, 15) is 4.79 Å². The highest BCUT2D eigenvalue weighted by atomic mass is 16.7. The van der Waals surface area contributed by atoms with Gasteiger partial charge in [0.15, 0.2) is 23.0 Å². The SMILES string of the molecule is CC(C)(NC(=O)c1ccc2c(c1)OCO2)c1ccc2c(c1)OCCO2. The first-order valence-corrected chi connectivity index (χ1v) is 8.15. The number of rotatable bonds is 3. The van der Waals surface area contributed by atoms with Crippen LogP contribution in [0.3, 0.4) is 0 Å². The standard InChI is InChI=1S/C19H19NO5/c1-19(2,13-4-6-14-17(10-13)23-8-7-22-14)20-18(21)12-3-5-15-16(9-12)25-11-24-15/h3-6,9-10H,7-8,11H2,1-2H3,(H,20,21). The second-order valence-corrected chi connectivity index (χ2v) is 6.51. The lowest BCUT2D eigenvalue weighted by Crippen LogP contribution is -2.41. The van der Waals surface area contributed by atoms with E-state index in [-0.39, 0.29) is 12.7 Å². The number of hydrogen-bond acceptors (Lipinski definition) is 5. The summed E-state index contributed by atoms with van der Waals surface area (Å²) in [7, 11) is 0. The highest BCUT2D eigenvalue weighted by Crippen LogP contribution is 2.35. The summed E-state index contributed by atoms with van der Waals surface area (Å²) in [6.45, 7) is 5.16. The van der Waals surface area contributed by atoms with E-state index in [1.807, 2.05) is 32.0 Å². The van der Waals surface area contributed by atoms with Gasteiger partial charge in [0.25, 0.3) is 5.91 Å². The summed E-state index contributed by atoms with van der Waals surface area (Å²) in [5.74, 6) is 2.49. The number of hydrogen-bond donors (Lipinski definition) is 1. The molecule has 2 aliphatic rings.